The Labute approximate surface area is 173 Å². The lowest BCUT2D eigenvalue weighted by Gasteiger charge is -2.31. The molecule has 28 heavy (non-hydrogen) atoms. The number of aliphatic hydroxyl groups is 1. The molecule has 0 heterocycles. The zero-order valence-corrected chi connectivity index (χ0v) is 16.7. The lowest BCUT2D eigenvalue weighted by Crippen LogP contribution is -2.29. The van der Waals surface area contributed by atoms with Gasteiger partial charge in [-0.05, 0) is 45.3 Å². The van der Waals surface area contributed by atoms with E-state index in [1.807, 2.05) is 109 Å². The van der Waals surface area contributed by atoms with Crippen LogP contribution in [0.3, 0.4) is 0 Å². The Balaban J connectivity index is 1.90. The Bertz CT molecular complexity index is 1020. The summed E-state index contributed by atoms with van der Waals surface area (Å²) in [6.07, 6.45) is 0. The summed E-state index contributed by atoms with van der Waals surface area (Å²) < 4.78 is 7.08. The second-order valence-corrected chi connectivity index (χ2v) is 7.33. The number of para-hydroxylation sites is 2. The fourth-order valence-electron chi connectivity index (χ4n) is 3.34. The predicted octanol–water partition coefficient (Wildman–Crippen LogP) is 6.53. The van der Waals surface area contributed by atoms with Gasteiger partial charge in [0.25, 0.3) is 0 Å². The van der Waals surface area contributed by atoms with Crippen molar-refractivity contribution >= 4 is 15.9 Å². The summed E-state index contributed by atoms with van der Waals surface area (Å²) in [7, 11) is 0. The Hall–Kier alpha value is -2.88. The van der Waals surface area contributed by atoms with E-state index in [-0.39, 0.29) is 0 Å². The van der Waals surface area contributed by atoms with Crippen molar-refractivity contribution in [2.75, 3.05) is 0 Å². The molecule has 4 aromatic carbocycles. The van der Waals surface area contributed by atoms with Crippen molar-refractivity contribution in [3.63, 3.8) is 0 Å². The highest BCUT2D eigenvalue weighted by atomic mass is 79.9. The van der Waals surface area contributed by atoms with Gasteiger partial charge in [-0.3, -0.25) is 0 Å². The molecule has 0 spiro atoms. The Morgan fingerprint density at radius 2 is 1.04 bits per heavy atom. The molecule has 138 valence electrons. The van der Waals surface area contributed by atoms with Crippen LogP contribution in [0.15, 0.2) is 114 Å². The van der Waals surface area contributed by atoms with Crippen molar-refractivity contribution in [3.05, 3.63) is 130 Å². The van der Waals surface area contributed by atoms with Gasteiger partial charge in [-0.25, -0.2) is 0 Å². The fraction of sp³-hybridized carbons (Fsp3) is 0.0400. The van der Waals surface area contributed by atoms with E-state index in [4.69, 9.17) is 4.74 Å². The molecule has 0 aliphatic carbocycles. The third-order valence-corrected chi connectivity index (χ3v) is 5.37. The first-order chi connectivity index (χ1) is 13.7. The molecule has 0 atom stereocenters. The zero-order chi connectivity index (χ0) is 19.4. The summed E-state index contributed by atoms with van der Waals surface area (Å²) in [5.41, 5.74) is 0.900. The fourth-order valence-corrected chi connectivity index (χ4v) is 3.70. The van der Waals surface area contributed by atoms with E-state index in [1.54, 1.807) is 0 Å². The third-order valence-electron chi connectivity index (χ3n) is 4.72. The SMILES string of the molecule is OC(c1ccccc1)(c1ccccc1)c1ccccc1Oc1ccccc1Br. The molecule has 0 amide bonds. The van der Waals surface area contributed by atoms with E-state index in [1.165, 1.54) is 0 Å². The largest absolute Gasteiger partial charge is 0.456 e. The summed E-state index contributed by atoms with van der Waals surface area (Å²) in [6, 6.07) is 34.6. The van der Waals surface area contributed by atoms with Crippen LogP contribution in [0.2, 0.25) is 0 Å². The zero-order valence-electron chi connectivity index (χ0n) is 15.1. The van der Waals surface area contributed by atoms with Crippen LogP contribution in [-0.2, 0) is 5.60 Å². The molecule has 0 bridgehead atoms. The molecule has 1 N–H and O–H groups in total. The highest BCUT2D eigenvalue weighted by Gasteiger charge is 2.36. The van der Waals surface area contributed by atoms with E-state index in [0.29, 0.717) is 17.1 Å². The third kappa shape index (κ3) is 3.47. The Kier molecular flexibility index (Phi) is 5.29. The monoisotopic (exact) mass is 430 g/mol. The molecule has 0 unspecified atom stereocenters. The highest BCUT2D eigenvalue weighted by molar-refractivity contribution is 9.10. The van der Waals surface area contributed by atoms with Crippen molar-refractivity contribution in [2.24, 2.45) is 0 Å². The first-order valence-corrected chi connectivity index (χ1v) is 9.84. The number of ether oxygens (including phenoxy) is 1. The van der Waals surface area contributed by atoms with Gasteiger partial charge in [-0.2, -0.15) is 0 Å². The first-order valence-electron chi connectivity index (χ1n) is 9.05. The molecule has 0 saturated carbocycles. The molecule has 4 aromatic rings. The average molecular weight is 431 g/mol. The van der Waals surface area contributed by atoms with Crippen LogP contribution < -0.4 is 4.74 Å². The van der Waals surface area contributed by atoms with Crippen LogP contribution in [0, 0.1) is 0 Å². The molecule has 0 radical (unpaired) electrons. The number of halogens is 1. The molecule has 4 rings (SSSR count). The van der Waals surface area contributed by atoms with E-state index < -0.39 is 5.60 Å². The van der Waals surface area contributed by atoms with Crippen LogP contribution in [0.25, 0.3) is 0 Å². The van der Waals surface area contributed by atoms with Gasteiger partial charge in [0.05, 0.1) is 4.47 Å². The number of hydrogen-bond acceptors (Lipinski definition) is 2. The standard InChI is InChI=1S/C25H19BrO2/c26-22-16-8-10-18-24(22)28-23-17-9-7-15-21(23)25(27,19-11-3-1-4-12-19)20-13-5-2-6-14-20/h1-18,27H. The molecule has 0 aliphatic rings. The quantitative estimate of drug-likeness (QED) is 0.364. The normalized spacial score (nSPS) is 11.2. The first kappa shape index (κ1) is 18.5. The topological polar surface area (TPSA) is 29.5 Å². The second kappa shape index (κ2) is 8.01. The Morgan fingerprint density at radius 1 is 0.571 bits per heavy atom. The van der Waals surface area contributed by atoms with E-state index >= 15 is 0 Å². The van der Waals surface area contributed by atoms with Gasteiger partial charge in [-0.15, -0.1) is 0 Å². The molecule has 2 nitrogen and oxygen atoms in total. The van der Waals surface area contributed by atoms with Crippen LogP contribution >= 0.6 is 15.9 Å². The second-order valence-electron chi connectivity index (χ2n) is 6.47. The van der Waals surface area contributed by atoms with Crippen molar-refractivity contribution in [1.29, 1.82) is 0 Å². The average Bonchev–Trinajstić information content (AvgIpc) is 2.76. The summed E-state index contributed by atoms with van der Waals surface area (Å²) in [5, 5.41) is 12.1. The van der Waals surface area contributed by atoms with Crippen LogP contribution in [0.5, 0.6) is 11.5 Å². The summed E-state index contributed by atoms with van der Waals surface area (Å²) >= 11 is 3.53. The lowest BCUT2D eigenvalue weighted by molar-refractivity contribution is 0.123. The molecule has 3 heteroatoms. The maximum atomic E-state index is 12.1. The molecular formula is C25H19BrO2. The van der Waals surface area contributed by atoms with E-state index in [2.05, 4.69) is 15.9 Å². The van der Waals surface area contributed by atoms with Crippen molar-refractivity contribution in [3.8, 4) is 11.5 Å². The van der Waals surface area contributed by atoms with E-state index in [0.717, 1.165) is 15.6 Å². The Morgan fingerprint density at radius 3 is 1.61 bits per heavy atom. The maximum Gasteiger partial charge on any atom is 0.144 e. The van der Waals surface area contributed by atoms with Gasteiger partial charge in [0.2, 0.25) is 0 Å². The summed E-state index contributed by atoms with van der Waals surface area (Å²) in [6.45, 7) is 0. The van der Waals surface area contributed by atoms with Gasteiger partial charge in [0, 0.05) is 5.56 Å². The minimum Gasteiger partial charge on any atom is -0.456 e. The molecule has 0 fully saturated rings. The number of benzene rings is 4. The van der Waals surface area contributed by atoms with Crippen molar-refractivity contribution < 1.29 is 9.84 Å². The predicted molar refractivity (Wildman–Crippen MR) is 116 cm³/mol. The maximum absolute atomic E-state index is 12.1. The summed E-state index contributed by atoms with van der Waals surface area (Å²) in [4.78, 5) is 0. The minimum atomic E-state index is -1.35. The highest BCUT2D eigenvalue weighted by Crippen LogP contribution is 2.42. The molecular weight excluding hydrogens is 412 g/mol. The van der Waals surface area contributed by atoms with Gasteiger partial charge in [-0.1, -0.05) is 91.0 Å². The molecule has 0 aliphatic heterocycles. The van der Waals surface area contributed by atoms with Crippen molar-refractivity contribution in [2.45, 2.75) is 5.60 Å². The van der Waals surface area contributed by atoms with Gasteiger partial charge in [0.15, 0.2) is 0 Å². The lowest BCUT2D eigenvalue weighted by atomic mass is 9.80. The van der Waals surface area contributed by atoms with Crippen LogP contribution in [0.1, 0.15) is 16.7 Å². The van der Waals surface area contributed by atoms with E-state index in [9.17, 15) is 5.11 Å². The number of hydrogen-bond donors (Lipinski definition) is 1. The number of rotatable bonds is 5. The minimum absolute atomic E-state index is 0.601. The molecule has 0 aromatic heterocycles. The smallest absolute Gasteiger partial charge is 0.144 e. The summed E-state index contributed by atoms with van der Waals surface area (Å²) in [5.74, 6) is 1.29. The van der Waals surface area contributed by atoms with Crippen LogP contribution in [0.4, 0.5) is 0 Å². The van der Waals surface area contributed by atoms with Gasteiger partial charge >= 0.3 is 0 Å². The molecule has 0 saturated heterocycles. The van der Waals surface area contributed by atoms with Crippen molar-refractivity contribution in [1.82, 2.24) is 0 Å². The van der Waals surface area contributed by atoms with Crippen LogP contribution in [-0.4, -0.2) is 5.11 Å². The van der Waals surface area contributed by atoms with Gasteiger partial charge < -0.3 is 9.84 Å². The van der Waals surface area contributed by atoms with Gasteiger partial charge in [0.1, 0.15) is 17.1 Å².